The van der Waals surface area contributed by atoms with Crippen LogP contribution in [0.3, 0.4) is 0 Å². The van der Waals surface area contributed by atoms with Gasteiger partial charge in [-0.3, -0.25) is 9.59 Å². The van der Waals surface area contributed by atoms with E-state index in [4.69, 9.17) is 15.2 Å². The maximum absolute atomic E-state index is 13.2. The normalized spacial score (nSPS) is 18.9. The number of ether oxygens (including phenoxy) is 2. The summed E-state index contributed by atoms with van der Waals surface area (Å²) in [5.41, 5.74) is 9.83. The molecule has 4 rings (SSSR count). The van der Waals surface area contributed by atoms with Crippen LogP contribution in [0.2, 0.25) is 0 Å². The van der Waals surface area contributed by atoms with Crippen LogP contribution in [0.4, 0.5) is 5.69 Å². The lowest BCUT2D eigenvalue weighted by Crippen LogP contribution is -2.33. The van der Waals surface area contributed by atoms with E-state index in [1.54, 1.807) is 24.3 Å². The lowest BCUT2D eigenvalue weighted by molar-refractivity contribution is -0.119. The molecule has 0 aromatic heterocycles. The number of para-hydroxylation sites is 1. The third-order valence-corrected chi connectivity index (χ3v) is 6.32. The number of rotatable bonds is 5. The molecule has 0 fully saturated rings. The lowest BCUT2D eigenvalue weighted by atomic mass is 9.70. The van der Waals surface area contributed by atoms with Gasteiger partial charge in [-0.15, -0.1) is 0 Å². The minimum absolute atomic E-state index is 0.0101. The topological polar surface area (TPSA) is 114 Å². The summed E-state index contributed by atoms with van der Waals surface area (Å²) in [5, 5.41) is 12.8. The lowest BCUT2D eigenvalue weighted by Gasteiger charge is -2.37. The number of carbonyl (C=O) groups excluding carboxylic acids is 2. The molecule has 3 N–H and O–H groups in total. The smallest absolute Gasteiger partial charge is 0.262 e. The summed E-state index contributed by atoms with van der Waals surface area (Å²) < 4.78 is 11.7. The van der Waals surface area contributed by atoms with Crippen LogP contribution in [-0.4, -0.2) is 18.3 Å². The molecule has 1 heterocycles. The highest BCUT2D eigenvalue weighted by molar-refractivity contribution is 6.00. The molecule has 1 aliphatic heterocycles. The van der Waals surface area contributed by atoms with Gasteiger partial charge in [0.15, 0.2) is 12.4 Å². The van der Waals surface area contributed by atoms with Crippen molar-refractivity contribution in [1.82, 2.24) is 0 Å². The van der Waals surface area contributed by atoms with Crippen LogP contribution in [0.5, 0.6) is 5.75 Å². The van der Waals surface area contributed by atoms with Crippen molar-refractivity contribution in [3.63, 3.8) is 0 Å². The first kappa shape index (κ1) is 24.1. The number of ketones is 1. The number of hydrogen-bond donors (Lipinski definition) is 2. The molecule has 35 heavy (non-hydrogen) atoms. The molecule has 2 aromatic rings. The highest BCUT2D eigenvalue weighted by atomic mass is 16.5. The summed E-state index contributed by atoms with van der Waals surface area (Å²) in [5.74, 6) is -0.223. The second-order valence-corrected chi connectivity index (χ2v) is 9.90. The number of allylic oxidation sites excluding steroid dienone is 3. The average Bonchev–Trinajstić information content (AvgIpc) is 2.78. The van der Waals surface area contributed by atoms with Crippen LogP contribution in [0, 0.1) is 30.6 Å². The first-order valence-electron chi connectivity index (χ1n) is 11.5. The van der Waals surface area contributed by atoms with Crippen LogP contribution in [0.25, 0.3) is 0 Å². The number of nitriles is 1. The summed E-state index contributed by atoms with van der Waals surface area (Å²) >= 11 is 0. The van der Waals surface area contributed by atoms with E-state index >= 15 is 0 Å². The Balaban J connectivity index is 1.63. The zero-order valence-electron chi connectivity index (χ0n) is 20.4. The predicted octanol–water partition coefficient (Wildman–Crippen LogP) is 4.77. The van der Waals surface area contributed by atoms with Crippen LogP contribution in [-0.2, 0) is 14.3 Å². The van der Waals surface area contributed by atoms with Crippen molar-refractivity contribution in [1.29, 1.82) is 5.26 Å². The molecule has 7 nitrogen and oxygen atoms in total. The number of Topliss-reactive ketones (excluding diaryl/α,β-unsaturated/α-hetero) is 1. The number of nitrogens with zero attached hydrogens (tertiary/aromatic N) is 1. The molecule has 0 radical (unpaired) electrons. The highest BCUT2D eigenvalue weighted by Crippen LogP contribution is 2.49. The Morgan fingerprint density at radius 1 is 1.23 bits per heavy atom. The first-order valence-corrected chi connectivity index (χ1v) is 11.5. The van der Waals surface area contributed by atoms with Gasteiger partial charge in [-0.25, -0.2) is 0 Å². The third kappa shape index (κ3) is 4.92. The van der Waals surface area contributed by atoms with Crippen molar-refractivity contribution in [3.05, 3.63) is 81.9 Å². The Morgan fingerprint density at radius 2 is 1.97 bits per heavy atom. The molecule has 0 bridgehead atoms. The molecule has 1 amide bonds. The summed E-state index contributed by atoms with van der Waals surface area (Å²) in [6, 6.07) is 15.0. The molecule has 1 aliphatic carbocycles. The number of benzene rings is 2. The molecule has 2 aromatic carbocycles. The summed E-state index contributed by atoms with van der Waals surface area (Å²) in [4.78, 5) is 25.9. The molecule has 0 saturated carbocycles. The van der Waals surface area contributed by atoms with Gasteiger partial charge >= 0.3 is 0 Å². The van der Waals surface area contributed by atoms with E-state index in [9.17, 15) is 14.9 Å². The maximum Gasteiger partial charge on any atom is 0.262 e. The zero-order chi connectivity index (χ0) is 25.3. The molecule has 1 unspecified atom stereocenters. The Bertz CT molecular complexity index is 1310. The summed E-state index contributed by atoms with van der Waals surface area (Å²) in [7, 11) is 0. The van der Waals surface area contributed by atoms with E-state index in [-0.39, 0.29) is 35.2 Å². The Kier molecular flexibility index (Phi) is 6.40. The summed E-state index contributed by atoms with van der Waals surface area (Å²) in [6.07, 6.45) is 0.872. The highest BCUT2D eigenvalue weighted by Gasteiger charge is 2.43. The molecule has 0 spiro atoms. The first-order chi connectivity index (χ1) is 16.6. The van der Waals surface area contributed by atoms with E-state index in [0.717, 1.165) is 16.8 Å². The number of carbonyl (C=O) groups is 2. The second kappa shape index (κ2) is 9.30. The fraction of sp³-hybridized carbons (Fsp3) is 0.321. The number of nitrogens with two attached hydrogens (primary N) is 1. The van der Waals surface area contributed by atoms with Gasteiger partial charge in [0.25, 0.3) is 5.91 Å². The average molecular weight is 472 g/mol. The van der Waals surface area contributed by atoms with E-state index in [1.807, 2.05) is 45.9 Å². The Labute approximate surface area is 205 Å². The number of hydrogen-bond acceptors (Lipinski definition) is 6. The minimum Gasteiger partial charge on any atom is -0.483 e. The molecular weight excluding hydrogens is 442 g/mol. The maximum atomic E-state index is 13.2. The Hall–Kier alpha value is -4.05. The summed E-state index contributed by atoms with van der Waals surface area (Å²) in [6.45, 7) is 7.68. The third-order valence-electron chi connectivity index (χ3n) is 6.32. The van der Waals surface area contributed by atoms with Gasteiger partial charge in [-0.2, -0.15) is 5.26 Å². The van der Waals surface area contributed by atoms with Crippen molar-refractivity contribution in [2.24, 2.45) is 11.1 Å². The number of anilines is 1. The SMILES string of the molecule is Cc1ccc(NC(=O)COc2ccccc2C2C(C#N)=C(N)OC3=C2C(=O)CC(C)(C)C3)c(C)c1. The van der Waals surface area contributed by atoms with Crippen molar-refractivity contribution in [2.75, 3.05) is 11.9 Å². The van der Waals surface area contributed by atoms with Gasteiger partial charge in [0, 0.05) is 29.7 Å². The largest absolute Gasteiger partial charge is 0.483 e. The van der Waals surface area contributed by atoms with Gasteiger partial charge < -0.3 is 20.5 Å². The molecule has 180 valence electrons. The van der Waals surface area contributed by atoms with Crippen molar-refractivity contribution >= 4 is 17.4 Å². The van der Waals surface area contributed by atoms with E-state index < -0.39 is 5.92 Å². The van der Waals surface area contributed by atoms with Crippen LogP contribution in [0.1, 0.15) is 49.3 Å². The number of amides is 1. The standard InChI is InChI=1S/C28H29N3O4/c1-16-9-10-20(17(2)11-16)31-24(33)15-34-22-8-6-5-7-18(22)25-19(14-29)27(30)35-23-13-28(3,4)12-21(32)26(23)25/h5-11,25H,12-13,15,30H2,1-4H3,(H,31,33). The van der Waals surface area contributed by atoms with Gasteiger partial charge in [-0.05, 0) is 37.0 Å². The fourth-order valence-corrected chi connectivity index (χ4v) is 4.73. The predicted molar refractivity (Wildman–Crippen MR) is 132 cm³/mol. The van der Waals surface area contributed by atoms with Gasteiger partial charge in [0.2, 0.25) is 5.88 Å². The molecular formula is C28H29N3O4. The second-order valence-electron chi connectivity index (χ2n) is 9.90. The van der Waals surface area contributed by atoms with Gasteiger partial charge in [0.1, 0.15) is 23.2 Å². The van der Waals surface area contributed by atoms with E-state index in [0.29, 0.717) is 35.5 Å². The number of nitrogens with one attached hydrogen (secondary N) is 1. The fourth-order valence-electron chi connectivity index (χ4n) is 4.73. The molecule has 1 atom stereocenters. The monoisotopic (exact) mass is 471 g/mol. The molecule has 2 aliphatic rings. The van der Waals surface area contributed by atoms with Crippen LogP contribution in [0.15, 0.2) is 65.3 Å². The van der Waals surface area contributed by atoms with Crippen molar-refractivity contribution < 1.29 is 19.1 Å². The van der Waals surface area contributed by atoms with Crippen LogP contribution >= 0.6 is 0 Å². The number of aryl methyl sites for hydroxylation is 2. The van der Waals surface area contributed by atoms with Gasteiger partial charge in [-0.1, -0.05) is 49.7 Å². The Morgan fingerprint density at radius 3 is 2.69 bits per heavy atom. The molecule has 7 heteroatoms. The van der Waals surface area contributed by atoms with Crippen LogP contribution < -0.4 is 15.8 Å². The zero-order valence-corrected chi connectivity index (χ0v) is 20.4. The minimum atomic E-state index is -0.717. The van der Waals surface area contributed by atoms with Crippen molar-refractivity contribution in [3.8, 4) is 11.8 Å². The quantitative estimate of drug-likeness (QED) is 0.649. The van der Waals surface area contributed by atoms with E-state index in [2.05, 4.69) is 11.4 Å². The van der Waals surface area contributed by atoms with Crippen molar-refractivity contribution in [2.45, 2.75) is 46.5 Å². The molecule has 0 saturated heterocycles. The van der Waals surface area contributed by atoms with Gasteiger partial charge in [0.05, 0.1) is 5.92 Å². The van der Waals surface area contributed by atoms with E-state index in [1.165, 1.54) is 0 Å².